The number of hydrogen-bond acceptors (Lipinski definition) is 3. The molecular weight excluding hydrogens is 174 g/mol. The third-order valence-corrected chi connectivity index (χ3v) is 3.53. The van der Waals surface area contributed by atoms with Gasteiger partial charge in [-0.25, -0.2) is 0 Å². The number of hydrogen-bond donors (Lipinski definition) is 1. The van der Waals surface area contributed by atoms with Crippen LogP contribution >= 0.6 is 0 Å². The molecule has 2 fully saturated rings. The molecule has 0 amide bonds. The van der Waals surface area contributed by atoms with E-state index in [1.54, 1.807) is 0 Å². The topological polar surface area (TPSA) is 32.5 Å². The average Bonchev–Trinajstić information content (AvgIpc) is 2.47. The van der Waals surface area contributed by atoms with Crippen molar-refractivity contribution in [3.05, 3.63) is 0 Å². The molecule has 2 aliphatic heterocycles. The van der Waals surface area contributed by atoms with Crippen molar-refractivity contribution >= 4 is 0 Å². The van der Waals surface area contributed by atoms with Crippen molar-refractivity contribution in [1.29, 1.82) is 0 Å². The first-order valence-corrected chi connectivity index (χ1v) is 5.96. The Labute approximate surface area is 87.2 Å². The van der Waals surface area contributed by atoms with Crippen LogP contribution in [0.15, 0.2) is 0 Å². The highest BCUT2D eigenvalue weighted by Gasteiger charge is 2.30. The Morgan fingerprint density at radius 1 is 1.29 bits per heavy atom. The second kappa shape index (κ2) is 4.60. The molecule has 2 N–H and O–H groups in total. The van der Waals surface area contributed by atoms with Gasteiger partial charge in [-0.15, -0.1) is 0 Å². The highest BCUT2D eigenvalue weighted by Crippen LogP contribution is 2.22. The van der Waals surface area contributed by atoms with Gasteiger partial charge in [-0.1, -0.05) is 6.92 Å². The van der Waals surface area contributed by atoms with Crippen molar-refractivity contribution in [3.8, 4) is 0 Å². The Balaban J connectivity index is 1.96. The van der Waals surface area contributed by atoms with Crippen LogP contribution in [0.3, 0.4) is 0 Å². The lowest BCUT2D eigenvalue weighted by atomic mass is 10.1. The fourth-order valence-electron chi connectivity index (χ4n) is 2.98. The first-order chi connectivity index (χ1) is 6.79. The van der Waals surface area contributed by atoms with Crippen LogP contribution in [0.2, 0.25) is 0 Å². The van der Waals surface area contributed by atoms with E-state index in [0.717, 1.165) is 25.0 Å². The van der Waals surface area contributed by atoms with E-state index >= 15 is 0 Å². The van der Waals surface area contributed by atoms with Crippen LogP contribution in [0.25, 0.3) is 0 Å². The van der Waals surface area contributed by atoms with E-state index in [4.69, 9.17) is 5.73 Å². The van der Waals surface area contributed by atoms with Gasteiger partial charge >= 0.3 is 0 Å². The van der Waals surface area contributed by atoms with Gasteiger partial charge in [-0.2, -0.15) is 0 Å². The summed E-state index contributed by atoms with van der Waals surface area (Å²) in [6.07, 6.45) is 2.79. The predicted molar refractivity (Wildman–Crippen MR) is 59.3 cm³/mol. The van der Waals surface area contributed by atoms with Crippen LogP contribution in [0.4, 0.5) is 0 Å². The van der Waals surface area contributed by atoms with Gasteiger partial charge in [0.15, 0.2) is 0 Å². The van der Waals surface area contributed by atoms with Gasteiger partial charge in [0.1, 0.15) is 0 Å². The molecule has 0 saturated carbocycles. The van der Waals surface area contributed by atoms with Crippen molar-refractivity contribution in [2.45, 2.75) is 25.8 Å². The minimum atomic E-state index is 0.805. The molecule has 2 atom stereocenters. The molecular formula is C11H23N3. The van der Waals surface area contributed by atoms with Crippen molar-refractivity contribution in [2.75, 3.05) is 39.3 Å². The van der Waals surface area contributed by atoms with Crippen molar-refractivity contribution in [3.63, 3.8) is 0 Å². The summed E-state index contributed by atoms with van der Waals surface area (Å²) in [5, 5.41) is 0. The lowest BCUT2D eigenvalue weighted by Gasteiger charge is -2.24. The maximum Gasteiger partial charge on any atom is 0.0223 e. The highest BCUT2D eigenvalue weighted by molar-refractivity contribution is 4.86. The standard InChI is InChI=1S/C11H23N3/c1-10-7-13(6-4-12)9-11-3-2-5-14(11)8-10/h10-11H,2-9,12H2,1H3. The molecule has 0 spiro atoms. The quantitative estimate of drug-likeness (QED) is 0.694. The SMILES string of the molecule is CC1CN(CCN)CC2CCCN2C1. The molecule has 2 heterocycles. The monoisotopic (exact) mass is 197 g/mol. The van der Waals surface area contributed by atoms with Crippen LogP contribution in [0.5, 0.6) is 0 Å². The van der Waals surface area contributed by atoms with E-state index < -0.39 is 0 Å². The molecule has 14 heavy (non-hydrogen) atoms. The zero-order valence-corrected chi connectivity index (χ0v) is 9.28. The molecule has 82 valence electrons. The smallest absolute Gasteiger partial charge is 0.0223 e. The first-order valence-electron chi connectivity index (χ1n) is 5.96. The van der Waals surface area contributed by atoms with E-state index in [-0.39, 0.29) is 0 Å². The number of rotatable bonds is 2. The van der Waals surface area contributed by atoms with E-state index in [1.807, 2.05) is 0 Å². The number of fused-ring (bicyclic) bond motifs is 1. The predicted octanol–water partition coefficient (Wildman–Crippen LogP) is 0.361. The van der Waals surface area contributed by atoms with E-state index in [2.05, 4.69) is 16.7 Å². The van der Waals surface area contributed by atoms with Crippen molar-refractivity contribution < 1.29 is 0 Å². The molecule has 2 aliphatic rings. The summed E-state index contributed by atoms with van der Waals surface area (Å²) >= 11 is 0. The largest absolute Gasteiger partial charge is 0.329 e. The Hall–Kier alpha value is -0.120. The van der Waals surface area contributed by atoms with Crippen molar-refractivity contribution in [2.24, 2.45) is 11.7 Å². The van der Waals surface area contributed by atoms with Gasteiger partial charge in [-0.05, 0) is 25.3 Å². The maximum absolute atomic E-state index is 5.64. The summed E-state index contributed by atoms with van der Waals surface area (Å²) in [5.41, 5.74) is 5.64. The van der Waals surface area contributed by atoms with Gasteiger partial charge in [0, 0.05) is 38.8 Å². The Kier molecular flexibility index (Phi) is 3.42. The van der Waals surface area contributed by atoms with Gasteiger partial charge in [-0.3, -0.25) is 4.90 Å². The molecule has 2 saturated heterocycles. The summed E-state index contributed by atoms with van der Waals surface area (Å²) in [7, 11) is 0. The summed E-state index contributed by atoms with van der Waals surface area (Å²) < 4.78 is 0. The zero-order valence-electron chi connectivity index (χ0n) is 9.28. The van der Waals surface area contributed by atoms with Crippen LogP contribution in [0, 0.1) is 5.92 Å². The highest BCUT2D eigenvalue weighted by atomic mass is 15.3. The average molecular weight is 197 g/mol. The van der Waals surface area contributed by atoms with E-state index in [0.29, 0.717) is 0 Å². The second-order valence-electron chi connectivity index (χ2n) is 4.94. The van der Waals surface area contributed by atoms with Gasteiger partial charge in [0.05, 0.1) is 0 Å². The van der Waals surface area contributed by atoms with Crippen LogP contribution < -0.4 is 5.73 Å². The molecule has 0 aromatic carbocycles. The van der Waals surface area contributed by atoms with Crippen molar-refractivity contribution in [1.82, 2.24) is 9.80 Å². The maximum atomic E-state index is 5.64. The number of nitrogens with zero attached hydrogens (tertiary/aromatic N) is 2. The van der Waals surface area contributed by atoms with Crippen LogP contribution in [0.1, 0.15) is 19.8 Å². The molecule has 0 aliphatic carbocycles. The Morgan fingerprint density at radius 2 is 2.14 bits per heavy atom. The third-order valence-electron chi connectivity index (χ3n) is 3.53. The fraction of sp³-hybridized carbons (Fsp3) is 1.00. The third kappa shape index (κ3) is 2.27. The Morgan fingerprint density at radius 3 is 2.93 bits per heavy atom. The summed E-state index contributed by atoms with van der Waals surface area (Å²) in [6, 6.07) is 0.825. The summed E-state index contributed by atoms with van der Waals surface area (Å²) in [4.78, 5) is 5.24. The fourth-order valence-corrected chi connectivity index (χ4v) is 2.98. The molecule has 0 bridgehead atoms. The molecule has 0 radical (unpaired) electrons. The van der Waals surface area contributed by atoms with Gasteiger partial charge < -0.3 is 10.6 Å². The minimum Gasteiger partial charge on any atom is -0.329 e. The van der Waals surface area contributed by atoms with E-state index in [1.165, 1.54) is 39.0 Å². The Bertz CT molecular complexity index is 183. The van der Waals surface area contributed by atoms with E-state index in [9.17, 15) is 0 Å². The molecule has 2 unspecified atom stereocenters. The number of nitrogens with two attached hydrogens (primary N) is 1. The van der Waals surface area contributed by atoms with Crippen LogP contribution in [-0.4, -0.2) is 55.1 Å². The first kappa shape index (κ1) is 10.4. The van der Waals surface area contributed by atoms with Gasteiger partial charge in [0.2, 0.25) is 0 Å². The lowest BCUT2D eigenvalue weighted by molar-refractivity contribution is 0.223. The molecule has 3 heteroatoms. The lowest BCUT2D eigenvalue weighted by Crippen LogP contribution is -2.38. The normalized spacial score (nSPS) is 35.6. The molecule has 0 aromatic heterocycles. The molecule has 0 aromatic rings. The second-order valence-corrected chi connectivity index (χ2v) is 4.94. The molecule has 2 rings (SSSR count). The minimum absolute atomic E-state index is 0.805. The van der Waals surface area contributed by atoms with Crippen LogP contribution in [-0.2, 0) is 0 Å². The summed E-state index contributed by atoms with van der Waals surface area (Å²) in [6.45, 7) is 9.36. The van der Waals surface area contributed by atoms with Gasteiger partial charge in [0.25, 0.3) is 0 Å². The zero-order chi connectivity index (χ0) is 9.97. The summed E-state index contributed by atoms with van der Waals surface area (Å²) in [5.74, 6) is 0.810. The molecule has 3 nitrogen and oxygen atoms in total.